The van der Waals surface area contributed by atoms with E-state index in [1.165, 1.54) is 0 Å². The summed E-state index contributed by atoms with van der Waals surface area (Å²) in [5.41, 5.74) is 2.13. The number of nitrogens with one attached hydrogen (secondary N) is 1. The lowest BCUT2D eigenvalue weighted by Crippen LogP contribution is -2.06. The number of hydrogen-bond acceptors (Lipinski definition) is 3. The van der Waals surface area contributed by atoms with Crippen LogP contribution in [0.2, 0.25) is 15.1 Å². The number of benzene rings is 2. The molecule has 0 heterocycles. The summed E-state index contributed by atoms with van der Waals surface area (Å²) in [6, 6.07) is 12.5. The number of rotatable bonds is 6. The van der Waals surface area contributed by atoms with E-state index in [0.717, 1.165) is 11.1 Å². The molecule has 0 aliphatic carbocycles. The lowest BCUT2D eigenvalue weighted by molar-refractivity contribution is 1.17. The second-order valence-corrected chi connectivity index (χ2v) is 6.04. The molecule has 118 valence electrons. The molecule has 0 aromatic heterocycles. The van der Waals surface area contributed by atoms with Crippen LogP contribution in [0.25, 0.3) is 0 Å². The van der Waals surface area contributed by atoms with Crippen molar-refractivity contribution in [1.29, 1.82) is 5.41 Å². The van der Waals surface area contributed by atoms with E-state index >= 15 is 0 Å². The van der Waals surface area contributed by atoms with Crippen molar-refractivity contribution in [2.75, 3.05) is 13.1 Å². The minimum absolute atomic E-state index is 0.275. The highest BCUT2D eigenvalue weighted by Gasteiger charge is 1.98. The fourth-order valence-electron chi connectivity index (χ4n) is 1.72. The van der Waals surface area contributed by atoms with Crippen LogP contribution in [0.15, 0.2) is 52.4 Å². The molecule has 0 bridgehead atoms. The normalized spacial score (nSPS) is 11.4. The van der Waals surface area contributed by atoms with E-state index in [-0.39, 0.29) is 6.54 Å². The Balaban J connectivity index is 1.82. The van der Waals surface area contributed by atoms with Gasteiger partial charge in [0, 0.05) is 28.0 Å². The third-order valence-electron chi connectivity index (χ3n) is 2.87. The van der Waals surface area contributed by atoms with Crippen molar-refractivity contribution in [2.24, 2.45) is 9.98 Å². The van der Waals surface area contributed by atoms with Gasteiger partial charge in [-0.3, -0.25) is 9.98 Å². The van der Waals surface area contributed by atoms with Crippen LogP contribution in [-0.4, -0.2) is 31.2 Å². The van der Waals surface area contributed by atoms with Crippen LogP contribution in [0.4, 0.5) is 0 Å². The molecule has 0 amide bonds. The first-order valence-corrected chi connectivity index (χ1v) is 7.94. The summed E-state index contributed by atoms with van der Waals surface area (Å²) in [5.74, 6) is 0. The van der Waals surface area contributed by atoms with Gasteiger partial charge in [0.05, 0.1) is 23.8 Å². The number of nitrogens with zero attached hydrogens (tertiary/aromatic N) is 2. The Labute approximate surface area is 150 Å². The molecule has 0 atom stereocenters. The molecule has 0 fully saturated rings. The summed E-state index contributed by atoms with van der Waals surface area (Å²) in [6.45, 7) is 0.575. The van der Waals surface area contributed by atoms with Gasteiger partial charge in [-0.2, -0.15) is 0 Å². The third kappa shape index (κ3) is 6.14. The predicted molar refractivity (Wildman–Crippen MR) is 101 cm³/mol. The largest absolute Gasteiger partial charge is 0.306 e. The van der Waals surface area contributed by atoms with Crippen molar-refractivity contribution in [2.45, 2.75) is 0 Å². The van der Waals surface area contributed by atoms with E-state index in [0.29, 0.717) is 27.3 Å². The van der Waals surface area contributed by atoms with Gasteiger partial charge in [-0.25, -0.2) is 0 Å². The molecule has 0 spiro atoms. The topological polar surface area (TPSA) is 48.6 Å². The average Bonchev–Trinajstić information content (AvgIpc) is 2.51. The molecule has 0 aliphatic heterocycles. The molecule has 2 rings (SSSR count). The lowest BCUT2D eigenvalue weighted by atomic mass is 10.2. The highest BCUT2D eigenvalue weighted by molar-refractivity contribution is 6.36. The first-order valence-electron chi connectivity index (χ1n) is 6.81. The van der Waals surface area contributed by atoms with Crippen LogP contribution in [0.5, 0.6) is 0 Å². The van der Waals surface area contributed by atoms with Gasteiger partial charge in [-0.15, -0.1) is 0 Å². The molecular formula is C17H14Cl3N3. The summed E-state index contributed by atoms with van der Waals surface area (Å²) < 4.78 is 0. The van der Waals surface area contributed by atoms with E-state index in [2.05, 4.69) is 9.98 Å². The molecule has 2 aromatic carbocycles. The van der Waals surface area contributed by atoms with Gasteiger partial charge < -0.3 is 5.41 Å². The highest BCUT2D eigenvalue weighted by atomic mass is 35.5. The smallest absolute Gasteiger partial charge is 0.0784 e. The second-order valence-electron chi connectivity index (χ2n) is 4.76. The van der Waals surface area contributed by atoms with E-state index < -0.39 is 0 Å². The monoisotopic (exact) mass is 365 g/mol. The van der Waals surface area contributed by atoms with Crippen LogP contribution in [-0.2, 0) is 0 Å². The van der Waals surface area contributed by atoms with E-state index in [1.807, 2.05) is 12.1 Å². The molecule has 6 heteroatoms. The highest BCUT2D eigenvalue weighted by Crippen LogP contribution is 2.19. The summed E-state index contributed by atoms with van der Waals surface area (Å²) >= 11 is 17.7. The fraction of sp³-hybridized carbons (Fsp3) is 0.118. The Morgan fingerprint density at radius 3 is 2.13 bits per heavy atom. The Morgan fingerprint density at radius 2 is 1.48 bits per heavy atom. The maximum absolute atomic E-state index is 7.84. The molecule has 1 N–H and O–H groups in total. The van der Waals surface area contributed by atoms with Gasteiger partial charge in [0.1, 0.15) is 0 Å². The van der Waals surface area contributed by atoms with E-state index in [9.17, 15) is 0 Å². The van der Waals surface area contributed by atoms with Crippen LogP contribution < -0.4 is 0 Å². The minimum atomic E-state index is 0.275. The summed E-state index contributed by atoms with van der Waals surface area (Å²) in [7, 11) is 0. The van der Waals surface area contributed by atoms with Gasteiger partial charge in [0.25, 0.3) is 0 Å². The Bertz CT molecular complexity index is 737. The first kappa shape index (κ1) is 17.7. The number of halogens is 3. The van der Waals surface area contributed by atoms with Gasteiger partial charge in [0.15, 0.2) is 0 Å². The van der Waals surface area contributed by atoms with Gasteiger partial charge >= 0.3 is 0 Å². The molecule has 0 saturated heterocycles. The van der Waals surface area contributed by atoms with E-state index in [1.54, 1.807) is 42.8 Å². The van der Waals surface area contributed by atoms with E-state index in [4.69, 9.17) is 40.2 Å². The van der Waals surface area contributed by atoms with Crippen molar-refractivity contribution in [1.82, 2.24) is 0 Å². The molecule has 3 nitrogen and oxygen atoms in total. The standard InChI is InChI=1S/C17H14Cl3N3/c18-14-4-1-12(2-5-14)8-22-10-16(21)11-23-9-13-3-6-15(19)7-17(13)20/h1-9,21H,10-11H2. The van der Waals surface area contributed by atoms with Crippen LogP contribution in [0.3, 0.4) is 0 Å². The van der Waals surface area contributed by atoms with Crippen LogP contribution >= 0.6 is 34.8 Å². The molecule has 23 heavy (non-hydrogen) atoms. The van der Waals surface area contributed by atoms with Gasteiger partial charge in [-0.1, -0.05) is 53.0 Å². The quantitative estimate of drug-likeness (QED) is 0.683. The maximum Gasteiger partial charge on any atom is 0.0784 e. The summed E-state index contributed by atoms with van der Waals surface area (Å²) in [6.07, 6.45) is 3.35. The number of hydrogen-bond donors (Lipinski definition) is 1. The zero-order chi connectivity index (χ0) is 16.7. The van der Waals surface area contributed by atoms with Crippen molar-refractivity contribution < 1.29 is 0 Å². The third-order valence-corrected chi connectivity index (χ3v) is 3.68. The zero-order valence-electron chi connectivity index (χ0n) is 12.1. The number of aliphatic imine (C=N–C) groups is 2. The average molecular weight is 367 g/mol. The minimum Gasteiger partial charge on any atom is -0.306 e. The molecule has 0 saturated carbocycles. The van der Waals surface area contributed by atoms with Gasteiger partial charge in [0.2, 0.25) is 0 Å². The van der Waals surface area contributed by atoms with Crippen LogP contribution in [0.1, 0.15) is 11.1 Å². The van der Waals surface area contributed by atoms with Crippen molar-refractivity contribution in [3.8, 4) is 0 Å². The molecular weight excluding hydrogens is 353 g/mol. The molecule has 2 aromatic rings. The Hall–Kier alpha value is -1.68. The second kappa shape index (κ2) is 8.82. The fourth-order valence-corrected chi connectivity index (χ4v) is 2.30. The van der Waals surface area contributed by atoms with Crippen LogP contribution in [0, 0.1) is 5.41 Å². The van der Waals surface area contributed by atoms with Crippen molar-refractivity contribution in [3.05, 3.63) is 68.7 Å². The van der Waals surface area contributed by atoms with Gasteiger partial charge in [-0.05, 0) is 29.8 Å². The lowest BCUT2D eigenvalue weighted by Gasteiger charge is -1.99. The summed E-state index contributed by atoms with van der Waals surface area (Å²) in [5, 5.41) is 9.64. The summed E-state index contributed by atoms with van der Waals surface area (Å²) in [4.78, 5) is 8.42. The molecule has 0 radical (unpaired) electrons. The SMILES string of the molecule is N=C(CN=Cc1ccc(Cl)cc1)CN=Cc1ccc(Cl)cc1Cl. The Morgan fingerprint density at radius 1 is 0.870 bits per heavy atom. The first-order chi connectivity index (χ1) is 11.0. The van der Waals surface area contributed by atoms with Crippen molar-refractivity contribution in [3.63, 3.8) is 0 Å². The molecule has 0 unspecified atom stereocenters. The Kier molecular flexibility index (Phi) is 6.78. The molecule has 0 aliphatic rings. The van der Waals surface area contributed by atoms with Crippen molar-refractivity contribution >= 4 is 52.9 Å². The maximum atomic E-state index is 7.84. The zero-order valence-corrected chi connectivity index (χ0v) is 14.4. The predicted octanol–water partition coefficient (Wildman–Crippen LogP) is 5.20.